The Morgan fingerprint density at radius 1 is 1.40 bits per heavy atom. The third kappa shape index (κ3) is 3.65. The molecule has 0 bridgehead atoms. The number of halogens is 1. The van der Waals surface area contributed by atoms with E-state index < -0.39 is 5.82 Å². The van der Waals surface area contributed by atoms with Crippen molar-refractivity contribution in [3.8, 4) is 5.75 Å². The standard InChI is InChI=1S/C15H16FNO2S/c1-2-17(9-12-4-3-7-20-12)10-15(19)13-8-11(16)5-6-14(13)18/h3-8,18H,2,9-10H2,1H3. The number of nitrogens with zero attached hydrogens (tertiary/aromatic N) is 1. The molecule has 0 aliphatic carbocycles. The third-order valence-corrected chi connectivity index (χ3v) is 3.89. The number of phenols is 1. The van der Waals surface area contributed by atoms with Gasteiger partial charge in [0.05, 0.1) is 12.1 Å². The Kier molecular flexibility index (Phi) is 4.87. The van der Waals surface area contributed by atoms with Crippen LogP contribution < -0.4 is 0 Å². The molecule has 0 unspecified atom stereocenters. The van der Waals surface area contributed by atoms with Crippen LogP contribution in [0, 0.1) is 5.82 Å². The minimum Gasteiger partial charge on any atom is -0.507 e. The van der Waals surface area contributed by atoms with Gasteiger partial charge in [0.1, 0.15) is 11.6 Å². The van der Waals surface area contributed by atoms with Crippen LogP contribution >= 0.6 is 11.3 Å². The van der Waals surface area contributed by atoms with E-state index in [0.29, 0.717) is 13.1 Å². The van der Waals surface area contributed by atoms with E-state index in [1.54, 1.807) is 11.3 Å². The number of rotatable bonds is 6. The fourth-order valence-electron chi connectivity index (χ4n) is 1.92. The summed E-state index contributed by atoms with van der Waals surface area (Å²) in [4.78, 5) is 15.3. The Morgan fingerprint density at radius 3 is 2.85 bits per heavy atom. The van der Waals surface area contributed by atoms with Crippen molar-refractivity contribution in [2.45, 2.75) is 13.5 Å². The van der Waals surface area contributed by atoms with Crippen LogP contribution in [0.25, 0.3) is 0 Å². The first kappa shape index (κ1) is 14.7. The van der Waals surface area contributed by atoms with Crippen molar-refractivity contribution in [1.29, 1.82) is 0 Å². The van der Waals surface area contributed by atoms with Gasteiger partial charge in [0.15, 0.2) is 5.78 Å². The normalized spacial score (nSPS) is 10.9. The summed E-state index contributed by atoms with van der Waals surface area (Å²) in [5.74, 6) is -0.976. The lowest BCUT2D eigenvalue weighted by Gasteiger charge is -2.18. The van der Waals surface area contributed by atoms with Crippen LogP contribution in [0.2, 0.25) is 0 Å². The van der Waals surface area contributed by atoms with E-state index in [9.17, 15) is 14.3 Å². The lowest BCUT2D eigenvalue weighted by molar-refractivity contribution is 0.0927. The quantitative estimate of drug-likeness (QED) is 0.831. The minimum absolute atomic E-state index is 0.0367. The van der Waals surface area contributed by atoms with E-state index in [-0.39, 0.29) is 23.6 Å². The van der Waals surface area contributed by atoms with Gasteiger partial charge >= 0.3 is 0 Å². The van der Waals surface area contributed by atoms with E-state index in [1.807, 2.05) is 29.3 Å². The van der Waals surface area contributed by atoms with Gasteiger partial charge in [-0.15, -0.1) is 11.3 Å². The zero-order valence-electron chi connectivity index (χ0n) is 11.2. The fraction of sp³-hybridized carbons (Fsp3) is 0.267. The Labute approximate surface area is 121 Å². The Bertz CT molecular complexity index is 584. The maximum Gasteiger partial charge on any atom is 0.180 e. The first-order valence-corrected chi connectivity index (χ1v) is 7.24. The molecule has 0 aliphatic heterocycles. The van der Waals surface area contributed by atoms with Crippen LogP contribution in [-0.4, -0.2) is 28.9 Å². The third-order valence-electron chi connectivity index (χ3n) is 3.03. The van der Waals surface area contributed by atoms with E-state index in [2.05, 4.69) is 0 Å². The monoisotopic (exact) mass is 293 g/mol. The van der Waals surface area contributed by atoms with Crippen molar-refractivity contribution in [3.05, 3.63) is 52.0 Å². The summed E-state index contributed by atoms with van der Waals surface area (Å²) < 4.78 is 13.2. The van der Waals surface area contributed by atoms with Crippen LogP contribution in [-0.2, 0) is 6.54 Å². The molecular formula is C15H16FNO2S. The maximum atomic E-state index is 13.2. The molecule has 1 N–H and O–H groups in total. The topological polar surface area (TPSA) is 40.5 Å². The number of thiophene rings is 1. The number of ketones is 1. The van der Waals surface area contributed by atoms with Crippen molar-refractivity contribution in [2.24, 2.45) is 0 Å². The van der Waals surface area contributed by atoms with Crippen LogP contribution in [0.5, 0.6) is 5.75 Å². The highest BCUT2D eigenvalue weighted by molar-refractivity contribution is 7.09. The molecule has 3 nitrogen and oxygen atoms in total. The molecule has 0 spiro atoms. The predicted octanol–water partition coefficient (Wildman–Crippen LogP) is 3.30. The molecule has 0 saturated carbocycles. The smallest absolute Gasteiger partial charge is 0.180 e. The molecule has 0 radical (unpaired) electrons. The summed E-state index contributed by atoms with van der Waals surface area (Å²) >= 11 is 1.63. The molecule has 0 aliphatic rings. The predicted molar refractivity (Wildman–Crippen MR) is 77.7 cm³/mol. The summed E-state index contributed by atoms with van der Waals surface area (Å²) in [5, 5.41) is 11.6. The summed E-state index contributed by atoms with van der Waals surface area (Å²) in [6, 6.07) is 7.40. The molecule has 1 heterocycles. The fourth-order valence-corrected chi connectivity index (χ4v) is 2.67. The second-order valence-corrected chi connectivity index (χ2v) is 5.50. The molecule has 0 fully saturated rings. The van der Waals surface area contributed by atoms with Crippen molar-refractivity contribution in [2.75, 3.05) is 13.1 Å². The highest BCUT2D eigenvalue weighted by Gasteiger charge is 2.16. The summed E-state index contributed by atoms with van der Waals surface area (Å²) in [6.45, 7) is 3.51. The van der Waals surface area contributed by atoms with Gasteiger partial charge in [0, 0.05) is 11.4 Å². The second kappa shape index (κ2) is 6.63. The first-order valence-electron chi connectivity index (χ1n) is 6.36. The zero-order valence-corrected chi connectivity index (χ0v) is 12.0. The van der Waals surface area contributed by atoms with Crippen molar-refractivity contribution >= 4 is 17.1 Å². The number of aromatic hydroxyl groups is 1. The van der Waals surface area contributed by atoms with Crippen LogP contribution in [0.15, 0.2) is 35.7 Å². The van der Waals surface area contributed by atoms with E-state index in [1.165, 1.54) is 10.9 Å². The molecule has 1 aromatic heterocycles. The number of likely N-dealkylation sites (N-methyl/N-ethyl adjacent to an activating group) is 1. The van der Waals surface area contributed by atoms with Gasteiger partial charge in [-0.1, -0.05) is 13.0 Å². The molecular weight excluding hydrogens is 277 g/mol. The molecule has 0 saturated heterocycles. The molecule has 1 aromatic carbocycles. The van der Waals surface area contributed by atoms with Gasteiger partial charge in [-0.2, -0.15) is 0 Å². The number of Topliss-reactive ketones (excluding diaryl/α,β-unsaturated/α-hetero) is 1. The number of carbonyl (C=O) groups excluding carboxylic acids is 1. The Morgan fingerprint density at radius 2 is 2.20 bits per heavy atom. The first-order chi connectivity index (χ1) is 9.60. The SMILES string of the molecule is CCN(CC(=O)c1cc(F)ccc1O)Cc1cccs1. The van der Waals surface area contributed by atoms with Gasteiger partial charge in [0.25, 0.3) is 0 Å². The average molecular weight is 293 g/mol. The molecule has 0 atom stereocenters. The lowest BCUT2D eigenvalue weighted by atomic mass is 10.1. The number of hydrogen-bond donors (Lipinski definition) is 1. The van der Waals surface area contributed by atoms with Crippen molar-refractivity contribution < 1.29 is 14.3 Å². The Balaban J connectivity index is 2.07. The van der Waals surface area contributed by atoms with Gasteiger partial charge < -0.3 is 5.11 Å². The van der Waals surface area contributed by atoms with Crippen molar-refractivity contribution in [3.63, 3.8) is 0 Å². The molecule has 0 amide bonds. The van der Waals surface area contributed by atoms with Gasteiger partial charge in [-0.05, 0) is 36.2 Å². The van der Waals surface area contributed by atoms with Crippen molar-refractivity contribution in [1.82, 2.24) is 4.90 Å². The minimum atomic E-state index is -0.521. The van der Waals surface area contributed by atoms with E-state index >= 15 is 0 Å². The maximum absolute atomic E-state index is 13.2. The van der Waals surface area contributed by atoms with Gasteiger partial charge in [-0.3, -0.25) is 9.69 Å². The molecule has 20 heavy (non-hydrogen) atoms. The van der Waals surface area contributed by atoms with Gasteiger partial charge in [-0.25, -0.2) is 4.39 Å². The van der Waals surface area contributed by atoms with Crippen LogP contribution in [0.4, 0.5) is 4.39 Å². The zero-order chi connectivity index (χ0) is 14.5. The average Bonchev–Trinajstić information content (AvgIpc) is 2.93. The van der Waals surface area contributed by atoms with Crippen LogP contribution in [0.1, 0.15) is 22.2 Å². The number of benzene rings is 1. The van der Waals surface area contributed by atoms with E-state index in [4.69, 9.17) is 0 Å². The number of phenolic OH excluding ortho intramolecular Hbond substituents is 1. The van der Waals surface area contributed by atoms with Gasteiger partial charge in [0.2, 0.25) is 0 Å². The van der Waals surface area contributed by atoms with E-state index in [0.717, 1.165) is 12.1 Å². The summed E-state index contributed by atoms with van der Waals surface area (Å²) in [6.07, 6.45) is 0. The number of carbonyl (C=O) groups is 1. The second-order valence-electron chi connectivity index (χ2n) is 4.47. The highest BCUT2D eigenvalue weighted by Crippen LogP contribution is 2.19. The summed E-state index contributed by atoms with van der Waals surface area (Å²) in [7, 11) is 0. The Hall–Kier alpha value is -1.72. The summed E-state index contributed by atoms with van der Waals surface area (Å²) in [5.41, 5.74) is 0.0367. The molecule has 2 rings (SSSR count). The largest absolute Gasteiger partial charge is 0.507 e. The molecule has 106 valence electrons. The molecule has 5 heteroatoms. The highest BCUT2D eigenvalue weighted by atomic mass is 32.1. The lowest BCUT2D eigenvalue weighted by Crippen LogP contribution is -2.29. The number of hydrogen-bond acceptors (Lipinski definition) is 4. The molecule has 2 aromatic rings. The van der Waals surface area contributed by atoms with Crippen LogP contribution in [0.3, 0.4) is 0 Å².